The molecule has 116 valence electrons. The summed E-state index contributed by atoms with van der Waals surface area (Å²) in [6, 6.07) is 4.21. The molecule has 0 aliphatic carbocycles. The van der Waals surface area contributed by atoms with Crippen molar-refractivity contribution < 1.29 is 22.3 Å². The van der Waals surface area contributed by atoms with E-state index in [2.05, 4.69) is 4.98 Å². The molecule has 0 saturated carbocycles. The van der Waals surface area contributed by atoms with Crippen molar-refractivity contribution in [3.63, 3.8) is 0 Å². The van der Waals surface area contributed by atoms with E-state index in [1.54, 1.807) is 0 Å². The molecule has 3 rings (SSSR count). The highest BCUT2D eigenvalue weighted by atomic mass is 19.1. The van der Waals surface area contributed by atoms with E-state index in [0.717, 1.165) is 18.2 Å². The zero-order valence-electron chi connectivity index (χ0n) is 11.6. The van der Waals surface area contributed by atoms with Crippen LogP contribution in [0.3, 0.4) is 0 Å². The fourth-order valence-corrected chi connectivity index (χ4v) is 2.61. The highest BCUT2D eigenvalue weighted by molar-refractivity contribution is 5.62. The molecule has 0 radical (unpaired) electrons. The molecule has 0 spiro atoms. The third-order valence-corrected chi connectivity index (χ3v) is 3.84. The zero-order valence-corrected chi connectivity index (χ0v) is 11.6. The van der Waals surface area contributed by atoms with E-state index >= 15 is 0 Å². The third-order valence-electron chi connectivity index (χ3n) is 3.84. The number of alkyl halides is 1. The smallest absolute Gasteiger partial charge is 0.149 e. The van der Waals surface area contributed by atoms with Crippen LogP contribution in [0.2, 0.25) is 0 Å². The normalized spacial score (nSPS) is 17.5. The van der Waals surface area contributed by atoms with Crippen molar-refractivity contribution in [2.75, 3.05) is 13.2 Å². The Kier molecular flexibility index (Phi) is 3.87. The van der Waals surface area contributed by atoms with Gasteiger partial charge in [-0.15, -0.1) is 0 Å². The Morgan fingerprint density at radius 1 is 1.00 bits per heavy atom. The van der Waals surface area contributed by atoms with Gasteiger partial charge in [-0.25, -0.2) is 17.6 Å². The summed E-state index contributed by atoms with van der Waals surface area (Å²) in [5.41, 5.74) is -2.94. The number of halogens is 4. The molecule has 0 atom stereocenters. The molecule has 1 fully saturated rings. The van der Waals surface area contributed by atoms with Gasteiger partial charge in [-0.1, -0.05) is 0 Å². The molecule has 0 bridgehead atoms. The summed E-state index contributed by atoms with van der Waals surface area (Å²) in [4.78, 5) is 3.66. The van der Waals surface area contributed by atoms with Gasteiger partial charge in [-0.2, -0.15) is 0 Å². The minimum atomic E-state index is -1.83. The fourth-order valence-electron chi connectivity index (χ4n) is 2.61. The Hall–Kier alpha value is -1.95. The molecular weight excluding hydrogens is 298 g/mol. The second-order valence-electron chi connectivity index (χ2n) is 5.23. The summed E-state index contributed by atoms with van der Waals surface area (Å²) in [6.45, 7) is 0.382. The van der Waals surface area contributed by atoms with Gasteiger partial charge in [-0.3, -0.25) is 4.98 Å². The number of nitrogens with zero attached hydrogens (tertiary/aromatic N) is 1. The number of aromatic nitrogens is 1. The summed E-state index contributed by atoms with van der Waals surface area (Å²) in [7, 11) is 0. The molecule has 1 aliphatic heterocycles. The van der Waals surface area contributed by atoms with Crippen LogP contribution in [0.5, 0.6) is 0 Å². The highest BCUT2D eigenvalue weighted by Gasteiger charge is 2.36. The molecule has 0 amide bonds. The largest absolute Gasteiger partial charge is 0.381 e. The van der Waals surface area contributed by atoms with Gasteiger partial charge in [0.1, 0.15) is 28.8 Å². The van der Waals surface area contributed by atoms with Crippen LogP contribution in [-0.4, -0.2) is 18.2 Å². The molecule has 6 heteroatoms. The number of hydrogen-bond acceptors (Lipinski definition) is 2. The van der Waals surface area contributed by atoms with E-state index < -0.39 is 34.4 Å². The van der Waals surface area contributed by atoms with Crippen molar-refractivity contribution >= 4 is 0 Å². The predicted molar refractivity (Wildman–Crippen MR) is 72.4 cm³/mol. The first-order valence-corrected chi connectivity index (χ1v) is 6.88. The fraction of sp³-hybridized carbons (Fsp3) is 0.312. The van der Waals surface area contributed by atoms with E-state index in [4.69, 9.17) is 4.74 Å². The quantitative estimate of drug-likeness (QED) is 0.778. The molecular formula is C16H13F4NO. The van der Waals surface area contributed by atoms with Gasteiger partial charge in [0, 0.05) is 32.3 Å². The molecule has 2 heterocycles. The van der Waals surface area contributed by atoms with E-state index in [-0.39, 0.29) is 31.6 Å². The van der Waals surface area contributed by atoms with E-state index in [1.807, 2.05) is 0 Å². The van der Waals surface area contributed by atoms with Crippen LogP contribution in [0.15, 0.2) is 30.5 Å². The lowest BCUT2D eigenvalue weighted by Gasteiger charge is -2.30. The Bertz CT molecular complexity index is 675. The first-order chi connectivity index (χ1) is 10.5. The number of ether oxygens (including phenoxy) is 1. The lowest BCUT2D eigenvalue weighted by molar-refractivity contribution is -0.0117. The first-order valence-electron chi connectivity index (χ1n) is 6.88. The zero-order chi connectivity index (χ0) is 15.7. The number of benzene rings is 1. The molecule has 22 heavy (non-hydrogen) atoms. The van der Waals surface area contributed by atoms with Crippen LogP contribution >= 0.6 is 0 Å². The van der Waals surface area contributed by atoms with Crippen LogP contribution in [0, 0.1) is 17.5 Å². The maximum atomic E-state index is 14.8. The Labute approximate surface area is 124 Å². The monoisotopic (exact) mass is 311 g/mol. The maximum Gasteiger partial charge on any atom is 0.149 e. The topological polar surface area (TPSA) is 22.1 Å². The highest BCUT2D eigenvalue weighted by Crippen LogP contribution is 2.39. The van der Waals surface area contributed by atoms with Crippen LogP contribution in [0.25, 0.3) is 11.3 Å². The van der Waals surface area contributed by atoms with Crippen LogP contribution in [0.4, 0.5) is 17.6 Å². The number of pyridine rings is 1. The Balaban J connectivity index is 2.07. The van der Waals surface area contributed by atoms with Crippen molar-refractivity contribution in [2.24, 2.45) is 0 Å². The number of hydrogen-bond donors (Lipinski definition) is 0. The lowest BCUT2D eigenvalue weighted by atomic mass is 9.87. The summed E-state index contributed by atoms with van der Waals surface area (Å²) in [5.74, 6) is -2.90. The molecule has 0 N–H and O–H groups in total. The van der Waals surface area contributed by atoms with Gasteiger partial charge >= 0.3 is 0 Å². The summed E-state index contributed by atoms with van der Waals surface area (Å²) in [6.07, 6.45) is 1.30. The maximum absolute atomic E-state index is 14.8. The van der Waals surface area contributed by atoms with Gasteiger partial charge in [0.05, 0.1) is 5.56 Å². The van der Waals surface area contributed by atoms with Gasteiger partial charge in [-0.05, 0) is 29.8 Å². The predicted octanol–water partition coefficient (Wildman–Crippen LogP) is 4.14. The second-order valence-corrected chi connectivity index (χ2v) is 5.23. The van der Waals surface area contributed by atoms with Crippen molar-refractivity contribution in [1.82, 2.24) is 4.98 Å². The second kappa shape index (κ2) is 5.68. The van der Waals surface area contributed by atoms with E-state index in [1.165, 1.54) is 12.3 Å². The van der Waals surface area contributed by atoms with Crippen molar-refractivity contribution in [1.29, 1.82) is 0 Å². The third kappa shape index (κ3) is 2.59. The summed E-state index contributed by atoms with van der Waals surface area (Å²) in [5, 5.41) is 0. The average molecular weight is 311 g/mol. The molecule has 0 unspecified atom stereocenters. The van der Waals surface area contributed by atoms with Crippen LogP contribution in [-0.2, 0) is 10.4 Å². The van der Waals surface area contributed by atoms with Crippen LogP contribution in [0.1, 0.15) is 18.4 Å². The number of rotatable bonds is 2. The summed E-state index contributed by atoms with van der Waals surface area (Å²) < 4.78 is 62.0. The molecule has 1 aromatic heterocycles. The van der Waals surface area contributed by atoms with Crippen molar-refractivity contribution in [3.8, 4) is 11.3 Å². The molecule has 2 nitrogen and oxygen atoms in total. The Morgan fingerprint density at radius 2 is 1.64 bits per heavy atom. The Morgan fingerprint density at radius 3 is 2.23 bits per heavy atom. The molecule has 1 aromatic carbocycles. The molecule has 2 aromatic rings. The standard InChI is InChI=1S/C16H13F4NO/c17-11-2-1-5-21-15(11)14-12(18)8-10(9-13(14)19)16(20)3-6-22-7-4-16/h1-2,5,8-9H,3-4,6-7H2. The molecule has 1 saturated heterocycles. The summed E-state index contributed by atoms with van der Waals surface area (Å²) >= 11 is 0. The van der Waals surface area contributed by atoms with Crippen LogP contribution < -0.4 is 0 Å². The van der Waals surface area contributed by atoms with Crippen molar-refractivity contribution in [2.45, 2.75) is 18.5 Å². The van der Waals surface area contributed by atoms with E-state index in [0.29, 0.717) is 0 Å². The first kappa shape index (κ1) is 15.0. The van der Waals surface area contributed by atoms with Gasteiger partial charge in [0.15, 0.2) is 0 Å². The molecule has 1 aliphatic rings. The lowest BCUT2D eigenvalue weighted by Crippen LogP contribution is -2.29. The van der Waals surface area contributed by atoms with Gasteiger partial charge < -0.3 is 4.74 Å². The van der Waals surface area contributed by atoms with Crippen molar-refractivity contribution in [3.05, 3.63) is 53.5 Å². The SMILES string of the molecule is Fc1cccnc1-c1c(F)cc(C2(F)CCOCC2)cc1F. The van der Waals surface area contributed by atoms with E-state index in [9.17, 15) is 17.6 Å². The van der Waals surface area contributed by atoms with Gasteiger partial charge in [0.25, 0.3) is 0 Å². The minimum absolute atomic E-state index is 0.0309. The average Bonchev–Trinajstić information content (AvgIpc) is 2.49. The minimum Gasteiger partial charge on any atom is -0.381 e. The van der Waals surface area contributed by atoms with Gasteiger partial charge in [0.2, 0.25) is 0 Å².